The molecule has 0 unspecified atom stereocenters. The fraction of sp³-hybridized carbons (Fsp3) is 0.867. The van der Waals surface area contributed by atoms with Gasteiger partial charge in [-0.15, -0.1) is 0 Å². The Morgan fingerprint density at radius 1 is 1.20 bits per heavy atom. The Bertz CT molecular complexity index is 321. The van der Waals surface area contributed by atoms with E-state index in [1.807, 2.05) is 0 Å². The lowest BCUT2D eigenvalue weighted by molar-refractivity contribution is -0.128. The van der Waals surface area contributed by atoms with Crippen molar-refractivity contribution < 1.29 is 4.79 Å². The van der Waals surface area contributed by atoms with Crippen molar-refractivity contribution in [3.05, 3.63) is 0 Å². The molecular weight excluding hydrogens is 270 g/mol. The maximum atomic E-state index is 12.6. The van der Waals surface area contributed by atoms with Crippen LogP contribution in [-0.4, -0.2) is 42.0 Å². The Morgan fingerprint density at radius 2 is 1.75 bits per heavy atom. The van der Waals surface area contributed by atoms with Crippen molar-refractivity contribution in [1.82, 2.24) is 10.2 Å². The molecule has 1 saturated carbocycles. The third kappa shape index (κ3) is 4.42. The highest BCUT2D eigenvalue weighted by atomic mass is 32.1. The summed E-state index contributed by atoms with van der Waals surface area (Å²) in [6, 6.07) is 0. The first kappa shape index (κ1) is 17.4. The van der Waals surface area contributed by atoms with Gasteiger partial charge in [-0.3, -0.25) is 4.79 Å². The summed E-state index contributed by atoms with van der Waals surface area (Å²) in [7, 11) is 0. The van der Waals surface area contributed by atoms with E-state index in [9.17, 15) is 4.79 Å². The summed E-state index contributed by atoms with van der Waals surface area (Å²) >= 11 is 5.22. The lowest BCUT2D eigenvalue weighted by atomic mass is 9.79. The summed E-state index contributed by atoms with van der Waals surface area (Å²) in [5.41, 5.74) is 5.31. The number of thiocarbonyl (C=S) groups is 1. The van der Waals surface area contributed by atoms with Crippen LogP contribution in [0, 0.1) is 5.41 Å². The van der Waals surface area contributed by atoms with Crippen LogP contribution in [0.1, 0.15) is 52.4 Å². The smallest absolute Gasteiger partial charge is 0.233 e. The van der Waals surface area contributed by atoms with Crippen molar-refractivity contribution >= 4 is 23.1 Å². The summed E-state index contributed by atoms with van der Waals surface area (Å²) in [5.74, 6) is 0.0408. The van der Waals surface area contributed by atoms with E-state index in [0.29, 0.717) is 11.5 Å². The van der Waals surface area contributed by atoms with E-state index in [1.54, 1.807) is 0 Å². The number of nitrogens with two attached hydrogens (primary N) is 1. The molecule has 5 heteroatoms. The normalized spacial score (nSPS) is 18.6. The number of hydrogen-bond donors (Lipinski definition) is 2. The average Bonchev–Trinajstić information content (AvgIpc) is 2.70. The Kier molecular flexibility index (Phi) is 7.45. The predicted molar refractivity (Wildman–Crippen MR) is 87.7 cm³/mol. The first-order valence-corrected chi connectivity index (χ1v) is 8.28. The molecule has 1 aliphatic carbocycles. The fourth-order valence-corrected chi connectivity index (χ4v) is 3.25. The Morgan fingerprint density at radius 3 is 2.20 bits per heavy atom. The van der Waals surface area contributed by atoms with Gasteiger partial charge in [0.05, 0.1) is 10.4 Å². The standard InChI is InChI=1S/C15H29N3OS/c1-3-18(4-2)12-11-17-14(19)15(13(16)20)9-7-5-6-8-10-15/h3-12H2,1-2H3,(H2,16,20)(H,17,19). The van der Waals surface area contributed by atoms with E-state index in [4.69, 9.17) is 18.0 Å². The van der Waals surface area contributed by atoms with Crippen molar-refractivity contribution in [3.63, 3.8) is 0 Å². The fourth-order valence-electron chi connectivity index (χ4n) is 2.95. The molecule has 0 radical (unpaired) electrons. The molecule has 0 aromatic heterocycles. The quantitative estimate of drug-likeness (QED) is 0.558. The number of nitrogens with zero attached hydrogens (tertiary/aromatic N) is 1. The third-order valence-corrected chi connectivity index (χ3v) is 4.86. The lowest BCUT2D eigenvalue weighted by Crippen LogP contribution is -2.50. The van der Waals surface area contributed by atoms with Crippen LogP contribution < -0.4 is 11.1 Å². The Balaban J connectivity index is 2.58. The molecule has 0 aromatic carbocycles. The van der Waals surface area contributed by atoms with E-state index in [0.717, 1.165) is 45.3 Å². The average molecular weight is 299 g/mol. The van der Waals surface area contributed by atoms with Gasteiger partial charge in [0, 0.05) is 13.1 Å². The van der Waals surface area contributed by atoms with Crippen LogP contribution in [0.25, 0.3) is 0 Å². The van der Waals surface area contributed by atoms with Crippen molar-refractivity contribution in [2.75, 3.05) is 26.2 Å². The zero-order chi connectivity index (χ0) is 15.0. The van der Waals surface area contributed by atoms with Gasteiger partial charge in [-0.25, -0.2) is 0 Å². The highest BCUT2D eigenvalue weighted by Gasteiger charge is 2.41. The number of hydrogen-bond acceptors (Lipinski definition) is 3. The number of carbonyl (C=O) groups excluding carboxylic acids is 1. The van der Waals surface area contributed by atoms with Crippen molar-refractivity contribution in [1.29, 1.82) is 0 Å². The molecule has 0 aliphatic heterocycles. The molecule has 0 aromatic rings. The van der Waals surface area contributed by atoms with Crippen LogP contribution in [0.5, 0.6) is 0 Å². The lowest BCUT2D eigenvalue weighted by Gasteiger charge is -2.30. The van der Waals surface area contributed by atoms with Crippen LogP contribution in [0.2, 0.25) is 0 Å². The molecule has 1 fully saturated rings. The maximum absolute atomic E-state index is 12.6. The molecule has 3 N–H and O–H groups in total. The highest BCUT2D eigenvalue weighted by molar-refractivity contribution is 7.80. The summed E-state index contributed by atoms with van der Waals surface area (Å²) in [6.07, 6.45) is 6.05. The van der Waals surface area contributed by atoms with Crippen LogP contribution in [0.15, 0.2) is 0 Å². The molecule has 20 heavy (non-hydrogen) atoms. The maximum Gasteiger partial charge on any atom is 0.233 e. The van der Waals surface area contributed by atoms with Gasteiger partial charge in [0.25, 0.3) is 0 Å². The molecule has 1 rings (SSSR count). The monoisotopic (exact) mass is 299 g/mol. The second-order valence-corrected chi connectivity index (χ2v) is 6.08. The van der Waals surface area contributed by atoms with E-state index in [2.05, 4.69) is 24.1 Å². The number of rotatable bonds is 7. The molecule has 116 valence electrons. The first-order chi connectivity index (χ1) is 9.56. The van der Waals surface area contributed by atoms with Gasteiger partial charge in [-0.1, -0.05) is 51.7 Å². The minimum atomic E-state index is -0.602. The number of amides is 1. The number of likely N-dealkylation sites (N-methyl/N-ethyl adjacent to an activating group) is 1. The van der Waals surface area contributed by atoms with Gasteiger partial charge in [-0.2, -0.15) is 0 Å². The third-order valence-electron chi connectivity index (χ3n) is 4.47. The second kappa shape index (κ2) is 8.57. The molecular formula is C15H29N3OS. The SMILES string of the molecule is CCN(CC)CCNC(=O)C1(C(N)=S)CCCCCC1. The minimum Gasteiger partial charge on any atom is -0.392 e. The molecule has 0 heterocycles. The zero-order valence-electron chi connectivity index (χ0n) is 12.9. The molecule has 0 bridgehead atoms. The van der Waals surface area contributed by atoms with Crippen molar-refractivity contribution in [2.45, 2.75) is 52.4 Å². The van der Waals surface area contributed by atoms with Crippen molar-refractivity contribution in [2.24, 2.45) is 11.1 Å². The Labute approximate surface area is 128 Å². The topological polar surface area (TPSA) is 58.4 Å². The van der Waals surface area contributed by atoms with Crippen LogP contribution in [0.3, 0.4) is 0 Å². The molecule has 4 nitrogen and oxygen atoms in total. The van der Waals surface area contributed by atoms with Gasteiger partial charge < -0.3 is 16.0 Å². The molecule has 0 spiro atoms. The van der Waals surface area contributed by atoms with Crippen LogP contribution in [-0.2, 0) is 4.79 Å². The number of nitrogens with one attached hydrogen (secondary N) is 1. The zero-order valence-corrected chi connectivity index (χ0v) is 13.7. The summed E-state index contributed by atoms with van der Waals surface area (Å²) < 4.78 is 0. The first-order valence-electron chi connectivity index (χ1n) is 7.87. The van der Waals surface area contributed by atoms with E-state index >= 15 is 0 Å². The second-order valence-electron chi connectivity index (χ2n) is 5.64. The predicted octanol–water partition coefficient (Wildman–Crippen LogP) is 2.07. The van der Waals surface area contributed by atoms with E-state index < -0.39 is 5.41 Å². The van der Waals surface area contributed by atoms with Gasteiger partial charge in [0.15, 0.2) is 0 Å². The summed E-state index contributed by atoms with van der Waals surface area (Å²) in [5, 5.41) is 3.05. The van der Waals surface area contributed by atoms with Gasteiger partial charge in [-0.05, 0) is 25.9 Å². The highest BCUT2D eigenvalue weighted by Crippen LogP contribution is 2.35. The van der Waals surface area contributed by atoms with Gasteiger partial charge in [0.1, 0.15) is 0 Å². The van der Waals surface area contributed by atoms with Crippen molar-refractivity contribution in [3.8, 4) is 0 Å². The van der Waals surface area contributed by atoms with E-state index in [1.165, 1.54) is 12.8 Å². The molecule has 1 amide bonds. The van der Waals surface area contributed by atoms with Crippen LogP contribution >= 0.6 is 12.2 Å². The molecule has 1 aliphatic rings. The van der Waals surface area contributed by atoms with E-state index in [-0.39, 0.29) is 5.91 Å². The molecule has 0 atom stereocenters. The largest absolute Gasteiger partial charge is 0.392 e. The summed E-state index contributed by atoms with van der Waals surface area (Å²) in [6.45, 7) is 7.83. The summed E-state index contributed by atoms with van der Waals surface area (Å²) in [4.78, 5) is 15.2. The Hall–Kier alpha value is -0.680. The minimum absolute atomic E-state index is 0.0408. The van der Waals surface area contributed by atoms with Gasteiger partial charge >= 0.3 is 0 Å². The number of carbonyl (C=O) groups is 1. The van der Waals surface area contributed by atoms with Gasteiger partial charge in [0.2, 0.25) is 5.91 Å². The molecule has 0 saturated heterocycles. The van der Waals surface area contributed by atoms with Crippen LogP contribution in [0.4, 0.5) is 0 Å².